The Labute approximate surface area is 142 Å². The summed E-state index contributed by atoms with van der Waals surface area (Å²) in [5, 5.41) is 6.21. The summed E-state index contributed by atoms with van der Waals surface area (Å²) in [6.07, 6.45) is 2.03. The van der Waals surface area contributed by atoms with E-state index >= 15 is 0 Å². The fourth-order valence-corrected chi connectivity index (χ4v) is 2.80. The fraction of sp³-hybridized carbons (Fsp3) is 0.467. The zero-order valence-electron chi connectivity index (χ0n) is 12.5. The molecule has 22 heavy (non-hydrogen) atoms. The van der Waals surface area contributed by atoms with Crippen molar-refractivity contribution in [2.24, 2.45) is 0 Å². The van der Waals surface area contributed by atoms with Crippen LogP contribution in [0, 0.1) is 6.92 Å². The number of nitrogens with one attached hydrogen (secondary N) is 2. The predicted octanol–water partition coefficient (Wildman–Crippen LogP) is 2.06. The summed E-state index contributed by atoms with van der Waals surface area (Å²) in [7, 11) is 0. The minimum Gasteiger partial charge on any atom is -0.353 e. The van der Waals surface area contributed by atoms with E-state index in [1.807, 2.05) is 25.1 Å². The van der Waals surface area contributed by atoms with E-state index in [4.69, 9.17) is 0 Å². The second-order valence-electron chi connectivity index (χ2n) is 5.24. The van der Waals surface area contributed by atoms with Crippen LogP contribution in [-0.4, -0.2) is 34.6 Å². The monoisotopic (exact) mass is 344 g/mol. The Balaban J connectivity index is 0.00000121. The highest BCUT2D eigenvalue weighted by molar-refractivity contribution is 5.85. The molecule has 2 heterocycles. The molecule has 0 unspecified atom stereocenters. The standard InChI is InChI=1S/C15H20N4O.2ClH/c1-11-18-12-5-2-3-7-14(12)19(11)10-9-17-15(20)13-6-4-8-16-13;;/h2-3,5,7,13,16H,4,6,8-10H2,1H3,(H,17,20);2*1H/t13-;;/m0../s1. The number of nitrogens with zero attached hydrogens (tertiary/aromatic N) is 2. The summed E-state index contributed by atoms with van der Waals surface area (Å²) in [5.74, 6) is 1.10. The molecule has 1 fully saturated rings. The molecule has 0 aliphatic carbocycles. The van der Waals surface area contributed by atoms with E-state index < -0.39 is 0 Å². The zero-order valence-corrected chi connectivity index (χ0v) is 14.2. The number of aryl methyl sites for hydroxylation is 1. The number of fused-ring (bicyclic) bond motifs is 1. The molecule has 0 spiro atoms. The van der Waals surface area contributed by atoms with Gasteiger partial charge in [-0.3, -0.25) is 4.79 Å². The van der Waals surface area contributed by atoms with Crippen molar-refractivity contribution in [2.75, 3.05) is 13.1 Å². The molecular formula is C15H22Cl2N4O. The smallest absolute Gasteiger partial charge is 0.237 e. The number of imidazole rings is 1. The van der Waals surface area contributed by atoms with Crippen molar-refractivity contribution in [1.29, 1.82) is 0 Å². The highest BCUT2D eigenvalue weighted by Gasteiger charge is 2.21. The number of rotatable bonds is 4. The van der Waals surface area contributed by atoms with Gasteiger partial charge in [-0.2, -0.15) is 0 Å². The number of aromatic nitrogens is 2. The quantitative estimate of drug-likeness (QED) is 0.892. The number of benzene rings is 1. The SMILES string of the molecule is Cc1nc2ccccc2n1CCNC(=O)[C@@H]1CCCN1.Cl.Cl. The molecule has 1 amide bonds. The molecule has 7 heteroatoms. The summed E-state index contributed by atoms with van der Waals surface area (Å²) in [6.45, 7) is 4.34. The molecule has 1 aliphatic heterocycles. The Morgan fingerprint density at radius 2 is 2.18 bits per heavy atom. The molecule has 2 N–H and O–H groups in total. The average Bonchev–Trinajstić information content (AvgIpc) is 3.07. The Morgan fingerprint density at radius 3 is 2.91 bits per heavy atom. The van der Waals surface area contributed by atoms with E-state index in [0.717, 1.165) is 42.8 Å². The maximum atomic E-state index is 11.9. The molecule has 5 nitrogen and oxygen atoms in total. The van der Waals surface area contributed by atoms with Gasteiger partial charge in [-0.15, -0.1) is 24.8 Å². The van der Waals surface area contributed by atoms with Gasteiger partial charge < -0.3 is 15.2 Å². The van der Waals surface area contributed by atoms with Crippen LogP contribution in [0.25, 0.3) is 11.0 Å². The van der Waals surface area contributed by atoms with Gasteiger partial charge in [-0.05, 0) is 38.4 Å². The summed E-state index contributed by atoms with van der Waals surface area (Å²) >= 11 is 0. The van der Waals surface area contributed by atoms with Crippen LogP contribution in [0.1, 0.15) is 18.7 Å². The van der Waals surface area contributed by atoms with Crippen LogP contribution in [0.2, 0.25) is 0 Å². The molecule has 1 aromatic carbocycles. The third-order valence-corrected chi connectivity index (χ3v) is 3.86. The lowest BCUT2D eigenvalue weighted by Crippen LogP contribution is -2.41. The number of amides is 1. The molecule has 3 rings (SSSR count). The molecule has 1 saturated heterocycles. The van der Waals surface area contributed by atoms with Crippen molar-refractivity contribution in [2.45, 2.75) is 32.4 Å². The summed E-state index contributed by atoms with van der Waals surface area (Å²) in [5.41, 5.74) is 2.13. The molecule has 1 aliphatic rings. The Kier molecular flexibility index (Phi) is 7.13. The first-order valence-electron chi connectivity index (χ1n) is 7.18. The average molecular weight is 345 g/mol. The number of hydrogen-bond donors (Lipinski definition) is 2. The molecule has 2 aromatic rings. The van der Waals surface area contributed by atoms with Crippen LogP contribution in [0.4, 0.5) is 0 Å². The van der Waals surface area contributed by atoms with Crippen LogP contribution >= 0.6 is 24.8 Å². The van der Waals surface area contributed by atoms with Gasteiger partial charge in [-0.1, -0.05) is 12.1 Å². The number of carbonyl (C=O) groups is 1. The van der Waals surface area contributed by atoms with Gasteiger partial charge >= 0.3 is 0 Å². The normalized spacial score (nSPS) is 16.9. The number of halogens is 2. The van der Waals surface area contributed by atoms with Crippen molar-refractivity contribution < 1.29 is 4.79 Å². The molecule has 1 atom stereocenters. The van der Waals surface area contributed by atoms with Gasteiger partial charge in [0.1, 0.15) is 5.82 Å². The van der Waals surface area contributed by atoms with Crippen LogP contribution in [0.5, 0.6) is 0 Å². The number of para-hydroxylation sites is 2. The Bertz CT molecular complexity index is 623. The Hall–Kier alpha value is -1.30. The fourth-order valence-electron chi connectivity index (χ4n) is 2.80. The van der Waals surface area contributed by atoms with E-state index in [2.05, 4.69) is 26.3 Å². The topological polar surface area (TPSA) is 59.0 Å². The van der Waals surface area contributed by atoms with Gasteiger partial charge in [0.15, 0.2) is 0 Å². The number of carbonyl (C=O) groups excluding carboxylic acids is 1. The van der Waals surface area contributed by atoms with Crippen molar-refractivity contribution in [1.82, 2.24) is 20.2 Å². The maximum Gasteiger partial charge on any atom is 0.237 e. The van der Waals surface area contributed by atoms with Crippen LogP contribution < -0.4 is 10.6 Å². The minimum absolute atomic E-state index is 0. The third kappa shape index (κ3) is 3.91. The lowest BCUT2D eigenvalue weighted by molar-refractivity contribution is -0.122. The van der Waals surface area contributed by atoms with Crippen molar-refractivity contribution in [3.05, 3.63) is 30.1 Å². The molecule has 122 valence electrons. The van der Waals surface area contributed by atoms with Crippen LogP contribution in [-0.2, 0) is 11.3 Å². The van der Waals surface area contributed by atoms with Gasteiger partial charge in [0.2, 0.25) is 5.91 Å². The summed E-state index contributed by atoms with van der Waals surface area (Å²) in [4.78, 5) is 16.5. The first-order valence-corrected chi connectivity index (χ1v) is 7.18. The number of hydrogen-bond acceptors (Lipinski definition) is 3. The molecular weight excluding hydrogens is 323 g/mol. The van der Waals surface area contributed by atoms with E-state index in [1.165, 1.54) is 0 Å². The van der Waals surface area contributed by atoms with Crippen molar-refractivity contribution in [3.8, 4) is 0 Å². The van der Waals surface area contributed by atoms with Gasteiger partial charge in [-0.25, -0.2) is 4.98 Å². The van der Waals surface area contributed by atoms with Crippen LogP contribution in [0.3, 0.4) is 0 Å². The zero-order chi connectivity index (χ0) is 13.9. The predicted molar refractivity (Wildman–Crippen MR) is 93.0 cm³/mol. The Morgan fingerprint density at radius 1 is 1.41 bits per heavy atom. The lowest BCUT2D eigenvalue weighted by Gasteiger charge is -2.12. The second-order valence-corrected chi connectivity index (χ2v) is 5.24. The molecule has 0 bridgehead atoms. The third-order valence-electron chi connectivity index (χ3n) is 3.86. The lowest BCUT2D eigenvalue weighted by atomic mass is 10.2. The van der Waals surface area contributed by atoms with Gasteiger partial charge in [0.25, 0.3) is 0 Å². The van der Waals surface area contributed by atoms with Gasteiger partial charge in [0.05, 0.1) is 17.1 Å². The van der Waals surface area contributed by atoms with Gasteiger partial charge in [0, 0.05) is 13.1 Å². The maximum absolute atomic E-state index is 11.9. The van der Waals surface area contributed by atoms with Crippen molar-refractivity contribution in [3.63, 3.8) is 0 Å². The summed E-state index contributed by atoms with van der Waals surface area (Å²) < 4.78 is 2.15. The van der Waals surface area contributed by atoms with E-state index in [9.17, 15) is 4.79 Å². The summed E-state index contributed by atoms with van der Waals surface area (Å²) in [6, 6.07) is 8.08. The highest BCUT2D eigenvalue weighted by atomic mass is 35.5. The van der Waals surface area contributed by atoms with E-state index in [-0.39, 0.29) is 36.8 Å². The second kappa shape index (κ2) is 8.36. The minimum atomic E-state index is -0.00405. The van der Waals surface area contributed by atoms with E-state index in [0.29, 0.717) is 6.54 Å². The van der Waals surface area contributed by atoms with Crippen LogP contribution in [0.15, 0.2) is 24.3 Å². The van der Waals surface area contributed by atoms with E-state index in [1.54, 1.807) is 0 Å². The molecule has 1 aromatic heterocycles. The van der Waals surface area contributed by atoms with Crippen molar-refractivity contribution >= 4 is 41.8 Å². The largest absolute Gasteiger partial charge is 0.353 e. The molecule has 0 radical (unpaired) electrons. The first kappa shape index (κ1) is 18.7. The first-order chi connectivity index (χ1) is 9.75. The highest BCUT2D eigenvalue weighted by Crippen LogP contribution is 2.14. The molecule has 0 saturated carbocycles.